The highest BCUT2D eigenvalue weighted by Gasteiger charge is 2.17. The normalized spacial score (nSPS) is 11.8. The Labute approximate surface area is 162 Å². The summed E-state index contributed by atoms with van der Waals surface area (Å²) < 4.78 is 25.8. The van der Waals surface area contributed by atoms with E-state index in [1.54, 1.807) is 30.8 Å². The number of aromatic nitrogens is 2. The number of nitrogens with one attached hydrogen (secondary N) is 1. The third-order valence-electron chi connectivity index (χ3n) is 4.18. The number of amides is 1. The smallest absolute Gasteiger partial charge is 0.265 e. The lowest BCUT2D eigenvalue weighted by atomic mass is 10.2. The number of anilines is 1. The van der Waals surface area contributed by atoms with E-state index in [1.165, 1.54) is 24.3 Å². The minimum Gasteiger partial charge on any atom is -0.494 e. The van der Waals surface area contributed by atoms with Crippen molar-refractivity contribution in [2.75, 3.05) is 12.4 Å². The van der Waals surface area contributed by atoms with Gasteiger partial charge in [0.1, 0.15) is 23.0 Å². The fourth-order valence-electron chi connectivity index (χ4n) is 2.82. The van der Waals surface area contributed by atoms with Crippen LogP contribution in [0.4, 0.5) is 10.1 Å². The number of methoxy groups -OCH3 is 1. The second-order valence-electron chi connectivity index (χ2n) is 6.43. The van der Waals surface area contributed by atoms with Crippen molar-refractivity contribution in [3.63, 3.8) is 0 Å². The molecule has 28 heavy (non-hydrogen) atoms. The molecule has 0 radical (unpaired) electrons. The maximum Gasteiger partial charge on any atom is 0.265 e. The fraction of sp³-hybridized carbons (Fsp3) is 0.238. The van der Waals surface area contributed by atoms with Gasteiger partial charge in [-0.15, -0.1) is 0 Å². The first kappa shape index (κ1) is 19.4. The van der Waals surface area contributed by atoms with E-state index in [0.29, 0.717) is 17.2 Å². The van der Waals surface area contributed by atoms with E-state index in [-0.39, 0.29) is 11.7 Å². The average Bonchev–Trinajstić information content (AvgIpc) is 3.01. The molecule has 0 fully saturated rings. The van der Waals surface area contributed by atoms with Crippen LogP contribution in [0.25, 0.3) is 5.69 Å². The minimum absolute atomic E-state index is 0.328. The largest absolute Gasteiger partial charge is 0.494 e. The number of ether oxygens (including phenoxy) is 2. The van der Waals surface area contributed by atoms with Crippen molar-refractivity contribution < 1.29 is 18.7 Å². The highest BCUT2D eigenvalue weighted by molar-refractivity contribution is 5.94. The zero-order valence-corrected chi connectivity index (χ0v) is 16.2. The number of halogens is 1. The van der Waals surface area contributed by atoms with E-state index < -0.39 is 6.10 Å². The number of benzene rings is 2. The van der Waals surface area contributed by atoms with Crippen LogP contribution in [0.15, 0.2) is 48.5 Å². The number of hydrogen-bond acceptors (Lipinski definition) is 4. The van der Waals surface area contributed by atoms with Gasteiger partial charge in [0.2, 0.25) is 0 Å². The van der Waals surface area contributed by atoms with Gasteiger partial charge in [0.25, 0.3) is 5.91 Å². The zero-order valence-electron chi connectivity index (χ0n) is 16.2. The lowest BCUT2D eigenvalue weighted by molar-refractivity contribution is -0.122. The van der Waals surface area contributed by atoms with Gasteiger partial charge in [0.15, 0.2) is 6.10 Å². The third-order valence-corrected chi connectivity index (χ3v) is 4.18. The van der Waals surface area contributed by atoms with Crippen LogP contribution >= 0.6 is 0 Å². The number of rotatable bonds is 6. The van der Waals surface area contributed by atoms with Crippen molar-refractivity contribution >= 4 is 11.6 Å². The average molecular weight is 383 g/mol. The summed E-state index contributed by atoms with van der Waals surface area (Å²) in [7, 11) is 1.57. The minimum atomic E-state index is -0.757. The van der Waals surface area contributed by atoms with Gasteiger partial charge in [0.05, 0.1) is 12.8 Å². The van der Waals surface area contributed by atoms with Crippen molar-refractivity contribution in [3.05, 3.63) is 65.7 Å². The van der Waals surface area contributed by atoms with Crippen LogP contribution in [-0.2, 0) is 4.79 Å². The molecule has 1 heterocycles. The third kappa shape index (κ3) is 4.31. The van der Waals surface area contributed by atoms with Crippen LogP contribution < -0.4 is 14.8 Å². The van der Waals surface area contributed by atoms with Crippen molar-refractivity contribution in [2.45, 2.75) is 26.9 Å². The van der Waals surface area contributed by atoms with Gasteiger partial charge in [0, 0.05) is 17.4 Å². The Morgan fingerprint density at radius 2 is 1.86 bits per heavy atom. The molecule has 0 unspecified atom stereocenters. The van der Waals surface area contributed by atoms with Crippen LogP contribution in [0.1, 0.15) is 18.3 Å². The van der Waals surface area contributed by atoms with E-state index in [9.17, 15) is 9.18 Å². The van der Waals surface area contributed by atoms with E-state index >= 15 is 0 Å². The molecule has 0 bridgehead atoms. The lowest BCUT2D eigenvalue weighted by Crippen LogP contribution is -2.30. The number of aryl methyl sites for hydroxylation is 2. The molecule has 3 rings (SSSR count). The number of hydrogen-bond donors (Lipinski definition) is 1. The first-order chi connectivity index (χ1) is 13.4. The fourth-order valence-corrected chi connectivity index (χ4v) is 2.82. The summed E-state index contributed by atoms with van der Waals surface area (Å²) in [5.41, 5.74) is 3.24. The van der Waals surface area contributed by atoms with Gasteiger partial charge in [-0.1, -0.05) is 0 Å². The number of nitrogens with zero attached hydrogens (tertiary/aromatic N) is 2. The molecule has 3 aromatic rings. The second kappa shape index (κ2) is 8.12. The molecule has 1 aromatic heterocycles. The molecule has 146 valence electrons. The summed E-state index contributed by atoms with van der Waals surface area (Å²) in [6, 6.07) is 12.8. The molecular formula is C21H22FN3O3. The molecule has 0 saturated carbocycles. The van der Waals surface area contributed by atoms with Crippen molar-refractivity contribution in [2.24, 2.45) is 0 Å². The van der Waals surface area contributed by atoms with Gasteiger partial charge in [-0.05, 0) is 63.2 Å². The molecule has 0 aliphatic heterocycles. The molecular weight excluding hydrogens is 361 g/mol. The Hall–Kier alpha value is -3.35. The topological polar surface area (TPSA) is 65.4 Å². The molecule has 2 aromatic carbocycles. The highest BCUT2D eigenvalue weighted by Crippen LogP contribution is 2.28. The molecule has 0 saturated heterocycles. The SMILES string of the molecule is COc1cc(NC(=O)[C@H](C)Oc2ccc(F)cc2)ccc1-n1nc(C)cc1C. The predicted octanol–water partition coefficient (Wildman–Crippen LogP) is 4.04. The Kier molecular flexibility index (Phi) is 5.63. The summed E-state index contributed by atoms with van der Waals surface area (Å²) >= 11 is 0. The summed E-state index contributed by atoms with van der Waals surface area (Å²) in [6.45, 7) is 5.51. The van der Waals surface area contributed by atoms with Crippen LogP contribution in [0.3, 0.4) is 0 Å². The van der Waals surface area contributed by atoms with E-state index in [4.69, 9.17) is 9.47 Å². The first-order valence-electron chi connectivity index (χ1n) is 8.82. The van der Waals surface area contributed by atoms with Crippen LogP contribution in [0, 0.1) is 19.7 Å². The van der Waals surface area contributed by atoms with Gasteiger partial charge >= 0.3 is 0 Å². The summed E-state index contributed by atoms with van der Waals surface area (Å²) in [4.78, 5) is 12.4. The lowest BCUT2D eigenvalue weighted by Gasteiger charge is -2.16. The van der Waals surface area contributed by atoms with Gasteiger partial charge in [-0.25, -0.2) is 9.07 Å². The van der Waals surface area contributed by atoms with Crippen LogP contribution in [-0.4, -0.2) is 28.9 Å². The molecule has 0 aliphatic carbocycles. The molecule has 1 N–H and O–H groups in total. The molecule has 6 nitrogen and oxygen atoms in total. The molecule has 1 amide bonds. The quantitative estimate of drug-likeness (QED) is 0.698. The standard InChI is InChI=1S/C21H22FN3O3/c1-13-11-14(2)25(24-13)19-10-7-17(12-20(19)27-4)23-21(26)15(3)28-18-8-5-16(22)6-9-18/h5-12,15H,1-4H3,(H,23,26)/t15-/m0/s1. The summed E-state index contributed by atoms with van der Waals surface area (Å²) in [6.07, 6.45) is -0.757. The van der Waals surface area contributed by atoms with Crippen molar-refractivity contribution in [1.29, 1.82) is 0 Å². The molecule has 0 aliphatic rings. The Morgan fingerprint density at radius 3 is 2.46 bits per heavy atom. The van der Waals surface area contributed by atoms with Crippen LogP contribution in [0.2, 0.25) is 0 Å². The molecule has 1 atom stereocenters. The Morgan fingerprint density at radius 1 is 1.14 bits per heavy atom. The van der Waals surface area contributed by atoms with Crippen LogP contribution in [0.5, 0.6) is 11.5 Å². The zero-order chi connectivity index (χ0) is 20.3. The Balaban J connectivity index is 1.74. The van der Waals surface area contributed by atoms with Crippen molar-refractivity contribution in [1.82, 2.24) is 9.78 Å². The monoisotopic (exact) mass is 383 g/mol. The van der Waals surface area contributed by atoms with Gasteiger partial charge in [-0.3, -0.25) is 4.79 Å². The van der Waals surface area contributed by atoms with E-state index in [0.717, 1.165) is 17.1 Å². The maximum absolute atomic E-state index is 13.0. The number of carbonyl (C=O) groups excluding carboxylic acids is 1. The first-order valence-corrected chi connectivity index (χ1v) is 8.82. The molecule has 0 spiro atoms. The van der Waals surface area contributed by atoms with Crippen molar-refractivity contribution in [3.8, 4) is 17.2 Å². The Bertz CT molecular complexity index is 983. The summed E-state index contributed by atoms with van der Waals surface area (Å²) in [5, 5.41) is 7.26. The predicted molar refractivity (Wildman–Crippen MR) is 105 cm³/mol. The van der Waals surface area contributed by atoms with E-state index in [1.807, 2.05) is 26.0 Å². The molecule has 7 heteroatoms. The highest BCUT2D eigenvalue weighted by atomic mass is 19.1. The maximum atomic E-state index is 13.0. The second-order valence-corrected chi connectivity index (χ2v) is 6.43. The number of carbonyl (C=O) groups is 1. The summed E-state index contributed by atoms with van der Waals surface area (Å²) in [5.74, 6) is 0.308. The van der Waals surface area contributed by atoms with Gasteiger partial charge < -0.3 is 14.8 Å². The van der Waals surface area contributed by atoms with Gasteiger partial charge in [-0.2, -0.15) is 5.10 Å². The van der Waals surface area contributed by atoms with E-state index in [2.05, 4.69) is 10.4 Å².